The van der Waals surface area contributed by atoms with Crippen LogP contribution in [-0.4, -0.2) is 0 Å². The minimum Gasteiger partial charge on any atom is -0.488 e. The van der Waals surface area contributed by atoms with Gasteiger partial charge in [-0.2, -0.15) is 0 Å². The Morgan fingerprint density at radius 2 is 1.69 bits per heavy atom. The standard InChI is InChI=1S/C22H21ClFNO/c1-16(17-7-3-2-4-8-17)25-14-19-13-20(23)11-12-22(19)26-15-18-9-5-6-10-21(18)24/h2-13,16,25H,14-15H2,1H3. The molecule has 134 valence electrons. The maximum atomic E-state index is 13.8. The van der Waals surface area contributed by atoms with Crippen molar-refractivity contribution in [2.75, 3.05) is 0 Å². The van der Waals surface area contributed by atoms with Gasteiger partial charge in [0.25, 0.3) is 0 Å². The van der Waals surface area contributed by atoms with Crippen LogP contribution in [0.2, 0.25) is 5.02 Å². The zero-order valence-corrected chi connectivity index (χ0v) is 15.3. The summed E-state index contributed by atoms with van der Waals surface area (Å²) in [4.78, 5) is 0. The molecule has 0 amide bonds. The smallest absolute Gasteiger partial charge is 0.129 e. The van der Waals surface area contributed by atoms with Crippen molar-refractivity contribution in [3.05, 3.63) is 100 Å². The van der Waals surface area contributed by atoms with E-state index in [1.807, 2.05) is 30.3 Å². The minimum atomic E-state index is -0.265. The second-order valence-electron chi connectivity index (χ2n) is 6.15. The predicted octanol–water partition coefficient (Wildman–Crippen LogP) is 5.91. The van der Waals surface area contributed by atoms with Gasteiger partial charge < -0.3 is 10.1 Å². The lowest BCUT2D eigenvalue weighted by Gasteiger charge is -2.17. The molecule has 3 rings (SSSR count). The van der Waals surface area contributed by atoms with Crippen molar-refractivity contribution < 1.29 is 9.13 Å². The second kappa shape index (κ2) is 8.84. The van der Waals surface area contributed by atoms with Crippen molar-refractivity contribution in [1.82, 2.24) is 5.32 Å². The van der Waals surface area contributed by atoms with E-state index in [9.17, 15) is 4.39 Å². The van der Waals surface area contributed by atoms with Crippen LogP contribution in [0.1, 0.15) is 29.7 Å². The molecule has 0 radical (unpaired) electrons. The Labute approximate surface area is 158 Å². The highest BCUT2D eigenvalue weighted by Gasteiger charge is 2.10. The first-order chi connectivity index (χ1) is 12.6. The van der Waals surface area contributed by atoms with E-state index < -0.39 is 0 Å². The summed E-state index contributed by atoms with van der Waals surface area (Å²) in [5.41, 5.74) is 2.68. The third kappa shape index (κ3) is 4.84. The van der Waals surface area contributed by atoms with Crippen molar-refractivity contribution in [3.8, 4) is 5.75 Å². The number of ether oxygens (including phenoxy) is 1. The van der Waals surface area contributed by atoms with Crippen molar-refractivity contribution >= 4 is 11.6 Å². The largest absolute Gasteiger partial charge is 0.488 e. The van der Waals surface area contributed by atoms with E-state index in [4.69, 9.17) is 16.3 Å². The average Bonchev–Trinajstić information content (AvgIpc) is 2.67. The second-order valence-corrected chi connectivity index (χ2v) is 6.58. The highest BCUT2D eigenvalue weighted by atomic mass is 35.5. The Balaban J connectivity index is 1.69. The van der Waals surface area contributed by atoms with E-state index in [1.54, 1.807) is 24.3 Å². The quantitative estimate of drug-likeness (QED) is 0.559. The topological polar surface area (TPSA) is 21.3 Å². The van der Waals surface area contributed by atoms with Crippen LogP contribution < -0.4 is 10.1 Å². The molecule has 0 aliphatic carbocycles. The highest BCUT2D eigenvalue weighted by molar-refractivity contribution is 6.30. The molecule has 0 aliphatic heterocycles. The van der Waals surface area contributed by atoms with E-state index in [0.717, 1.165) is 5.56 Å². The van der Waals surface area contributed by atoms with Crippen molar-refractivity contribution in [2.45, 2.75) is 26.1 Å². The predicted molar refractivity (Wildman–Crippen MR) is 104 cm³/mol. The summed E-state index contributed by atoms with van der Waals surface area (Å²) < 4.78 is 19.6. The number of hydrogen-bond donors (Lipinski definition) is 1. The van der Waals surface area contributed by atoms with Gasteiger partial charge in [-0.25, -0.2) is 4.39 Å². The van der Waals surface area contributed by atoms with Gasteiger partial charge >= 0.3 is 0 Å². The van der Waals surface area contributed by atoms with Crippen molar-refractivity contribution in [3.63, 3.8) is 0 Å². The minimum absolute atomic E-state index is 0.176. The number of hydrogen-bond acceptors (Lipinski definition) is 2. The summed E-state index contributed by atoms with van der Waals surface area (Å²) in [5.74, 6) is 0.434. The van der Waals surface area contributed by atoms with Crippen LogP contribution >= 0.6 is 11.6 Å². The lowest BCUT2D eigenvalue weighted by molar-refractivity contribution is 0.295. The van der Waals surface area contributed by atoms with E-state index >= 15 is 0 Å². The molecule has 1 unspecified atom stereocenters. The normalized spacial score (nSPS) is 12.0. The molecular weight excluding hydrogens is 349 g/mol. The maximum Gasteiger partial charge on any atom is 0.129 e. The molecule has 3 aromatic carbocycles. The van der Waals surface area contributed by atoms with Gasteiger partial charge in [0.15, 0.2) is 0 Å². The summed E-state index contributed by atoms with van der Waals surface area (Å²) >= 11 is 6.15. The fraction of sp³-hybridized carbons (Fsp3) is 0.182. The zero-order chi connectivity index (χ0) is 18.4. The van der Waals surface area contributed by atoms with Gasteiger partial charge in [-0.3, -0.25) is 0 Å². The highest BCUT2D eigenvalue weighted by Crippen LogP contribution is 2.25. The molecule has 0 spiro atoms. The number of rotatable bonds is 7. The monoisotopic (exact) mass is 369 g/mol. The van der Waals surface area contributed by atoms with Crippen LogP contribution in [0.5, 0.6) is 5.75 Å². The first kappa shape index (κ1) is 18.4. The van der Waals surface area contributed by atoms with Crippen LogP contribution in [-0.2, 0) is 13.2 Å². The Morgan fingerprint density at radius 3 is 2.46 bits per heavy atom. The Bertz CT molecular complexity index is 854. The summed E-state index contributed by atoms with van der Waals surface area (Å²) in [6, 6.07) is 22.5. The molecule has 0 heterocycles. The van der Waals surface area contributed by atoms with E-state index in [-0.39, 0.29) is 18.5 Å². The van der Waals surface area contributed by atoms with Crippen LogP contribution in [0.25, 0.3) is 0 Å². The molecule has 26 heavy (non-hydrogen) atoms. The van der Waals surface area contributed by atoms with Gasteiger partial charge in [0.2, 0.25) is 0 Å². The number of halogens is 2. The third-order valence-electron chi connectivity index (χ3n) is 4.26. The van der Waals surface area contributed by atoms with Gasteiger partial charge in [-0.15, -0.1) is 0 Å². The van der Waals surface area contributed by atoms with Gasteiger partial charge in [0.05, 0.1) is 0 Å². The van der Waals surface area contributed by atoms with Gasteiger partial charge in [0, 0.05) is 28.7 Å². The number of nitrogens with one attached hydrogen (secondary N) is 1. The zero-order valence-electron chi connectivity index (χ0n) is 14.6. The molecule has 0 saturated carbocycles. The molecule has 2 nitrogen and oxygen atoms in total. The van der Waals surface area contributed by atoms with Gasteiger partial charge in [0.1, 0.15) is 18.2 Å². The fourth-order valence-electron chi connectivity index (χ4n) is 2.72. The van der Waals surface area contributed by atoms with E-state index in [1.165, 1.54) is 11.6 Å². The third-order valence-corrected chi connectivity index (χ3v) is 4.50. The molecular formula is C22H21ClFNO. The summed E-state index contributed by atoms with van der Waals surface area (Å²) in [6.07, 6.45) is 0. The van der Waals surface area contributed by atoms with Crippen molar-refractivity contribution in [2.24, 2.45) is 0 Å². The average molecular weight is 370 g/mol. The molecule has 0 fully saturated rings. The molecule has 3 aromatic rings. The van der Waals surface area contributed by atoms with Crippen molar-refractivity contribution in [1.29, 1.82) is 0 Å². The molecule has 4 heteroatoms. The maximum absolute atomic E-state index is 13.8. The summed E-state index contributed by atoms with van der Waals surface area (Å²) in [7, 11) is 0. The molecule has 0 bridgehead atoms. The van der Waals surface area contributed by atoms with Crippen LogP contribution in [0.15, 0.2) is 72.8 Å². The van der Waals surface area contributed by atoms with E-state index in [2.05, 4.69) is 24.4 Å². The number of benzene rings is 3. The van der Waals surface area contributed by atoms with Gasteiger partial charge in [-0.1, -0.05) is 60.1 Å². The Morgan fingerprint density at radius 1 is 0.962 bits per heavy atom. The first-order valence-electron chi connectivity index (χ1n) is 8.56. The first-order valence-corrected chi connectivity index (χ1v) is 8.94. The summed E-state index contributed by atoms with van der Waals surface area (Å²) in [6.45, 7) is 2.89. The SMILES string of the molecule is CC(NCc1cc(Cl)ccc1OCc1ccccc1F)c1ccccc1. The molecule has 0 saturated heterocycles. The van der Waals surface area contributed by atoms with Crippen LogP contribution in [0.3, 0.4) is 0 Å². The van der Waals surface area contributed by atoms with Gasteiger partial charge in [-0.05, 0) is 36.8 Å². The molecule has 0 aliphatic rings. The molecule has 1 N–H and O–H groups in total. The lowest BCUT2D eigenvalue weighted by Crippen LogP contribution is -2.18. The Hall–Kier alpha value is -2.36. The van der Waals surface area contributed by atoms with Crippen LogP contribution in [0, 0.1) is 5.82 Å². The van der Waals surface area contributed by atoms with E-state index in [0.29, 0.717) is 22.9 Å². The lowest BCUT2D eigenvalue weighted by atomic mass is 10.1. The summed E-state index contributed by atoms with van der Waals surface area (Å²) in [5, 5.41) is 4.13. The molecule has 1 atom stereocenters. The van der Waals surface area contributed by atoms with Crippen LogP contribution in [0.4, 0.5) is 4.39 Å². The molecule has 0 aromatic heterocycles. The Kier molecular flexibility index (Phi) is 6.26. The fourth-order valence-corrected chi connectivity index (χ4v) is 2.92.